The molecule has 0 aromatic heterocycles. The highest BCUT2D eigenvalue weighted by Gasteiger charge is 2.18. The van der Waals surface area contributed by atoms with Gasteiger partial charge in [-0.25, -0.2) is 0 Å². The first-order valence-corrected chi connectivity index (χ1v) is 6.73. The summed E-state index contributed by atoms with van der Waals surface area (Å²) < 4.78 is 5.50. The van der Waals surface area contributed by atoms with Crippen molar-refractivity contribution >= 4 is 5.91 Å². The van der Waals surface area contributed by atoms with Crippen LogP contribution < -0.4 is 5.32 Å². The summed E-state index contributed by atoms with van der Waals surface area (Å²) >= 11 is 0. The minimum absolute atomic E-state index is 0.211. The standard InChI is InChI=1S/C13H23NO2/c15-13(8-7-12-6-3-9-16-12)14-10-11-4-1-2-5-11/h11-12H,1-10H2,(H,14,15). The molecule has 0 spiro atoms. The number of hydrogen-bond acceptors (Lipinski definition) is 2. The number of rotatable bonds is 5. The molecule has 0 aromatic rings. The molecule has 2 fully saturated rings. The number of hydrogen-bond donors (Lipinski definition) is 1. The van der Waals surface area contributed by atoms with E-state index in [0.717, 1.165) is 38.3 Å². The zero-order chi connectivity index (χ0) is 11.2. The molecule has 16 heavy (non-hydrogen) atoms. The Morgan fingerprint density at radius 2 is 2.00 bits per heavy atom. The molecule has 0 radical (unpaired) electrons. The van der Waals surface area contributed by atoms with Gasteiger partial charge in [0, 0.05) is 19.6 Å². The van der Waals surface area contributed by atoms with Gasteiger partial charge in [-0.05, 0) is 38.0 Å². The zero-order valence-electron chi connectivity index (χ0n) is 10.0. The Morgan fingerprint density at radius 3 is 2.69 bits per heavy atom. The van der Waals surface area contributed by atoms with Crippen LogP contribution in [-0.2, 0) is 9.53 Å². The van der Waals surface area contributed by atoms with Gasteiger partial charge in [0.1, 0.15) is 0 Å². The topological polar surface area (TPSA) is 38.3 Å². The molecular formula is C13H23NO2. The second-order valence-corrected chi connectivity index (χ2v) is 5.13. The molecule has 1 aliphatic carbocycles. The van der Waals surface area contributed by atoms with Crippen LogP contribution in [0.15, 0.2) is 0 Å². The molecule has 92 valence electrons. The van der Waals surface area contributed by atoms with Gasteiger partial charge in [0.15, 0.2) is 0 Å². The van der Waals surface area contributed by atoms with Gasteiger partial charge >= 0.3 is 0 Å². The third-order valence-electron chi connectivity index (χ3n) is 3.78. The van der Waals surface area contributed by atoms with Gasteiger partial charge < -0.3 is 10.1 Å². The Hall–Kier alpha value is -0.570. The molecule has 1 N–H and O–H groups in total. The van der Waals surface area contributed by atoms with Crippen LogP contribution in [0.2, 0.25) is 0 Å². The number of amides is 1. The third kappa shape index (κ3) is 3.78. The molecule has 1 heterocycles. The van der Waals surface area contributed by atoms with Crippen LogP contribution in [0.25, 0.3) is 0 Å². The molecule has 1 unspecified atom stereocenters. The highest BCUT2D eigenvalue weighted by atomic mass is 16.5. The SMILES string of the molecule is O=C(CCC1CCCO1)NCC1CCCC1. The number of nitrogens with one attached hydrogen (secondary N) is 1. The second kappa shape index (κ2) is 6.24. The fourth-order valence-corrected chi connectivity index (χ4v) is 2.73. The van der Waals surface area contributed by atoms with E-state index in [2.05, 4.69) is 5.32 Å². The summed E-state index contributed by atoms with van der Waals surface area (Å²) in [5.74, 6) is 0.953. The molecule has 3 nitrogen and oxygen atoms in total. The summed E-state index contributed by atoms with van der Waals surface area (Å²) in [5, 5.41) is 3.05. The van der Waals surface area contributed by atoms with Crippen molar-refractivity contribution < 1.29 is 9.53 Å². The first-order chi connectivity index (χ1) is 7.84. The minimum atomic E-state index is 0.211. The van der Waals surface area contributed by atoms with Crippen molar-refractivity contribution in [2.24, 2.45) is 5.92 Å². The maximum atomic E-state index is 11.6. The molecule has 1 atom stereocenters. The predicted octanol–water partition coefficient (Wildman–Crippen LogP) is 2.25. The van der Waals surface area contributed by atoms with Crippen molar-refractivity contribution in [2.75, 3.05) is 13.2 Å². The van der Waals surface area contributed by atoms with Crippen molar-refractivity contribution in [1.82, 2.24) is 5.32 Å². The fourth-order valence-electron chi connectivity index (χ4n) is 2.73. The number of ether oxygens (including phenoxy) is 1. The van der Waals surface area contributed by atoms with E-state index in [1.807, 2.05) is 0 Å². The lowest BCUT2D eigenvalue weighted by Gasteiger charge is -2.12. The molecule has 1 aliphatic heterocycles. The largest absolute Gasteiger partial charge is 0.378 e. The third-order valence-corrected chi connectivity index (χ3v) is 3.78. The average Bonchev–Trinajstić information content (AvgIpc) is 2.96. The van der Waals surface area contributed by atoms with Crippen LogP contribution in [0.1, 0.15) is 51.4 Å². The van der Waals surface area contributed by atoms with E-state index < -0.39 is 0 Å². The molecule has 0 aromatic carbocycles. The second-order valence-electron chi connectivity index (χ2n) is 5.13. The summed E-state index contributed by atoms with van der Waals surface area (Å²) in [4.78, 5) is 11.6. The molecule has 2 rings (SSSR count). The van der Waals surface area contributed by atoms with Crippen LogP contribution in [0.5, 0.6) is 0 Å². The predicted molar refractivity (Wildman–Crippen MR) is 63.2 cm³/mol. The molecule has 3 heteroatoms. The van der Waals surface area contributed by atoms with Gasteiger partial charge in [0.2, 0.25) is 5.91 Å². The first kappa shape index (κ1) is 11.9. The molecule has 0 bridgehead atoms. The molecule has 2 aliphatic rings. The summed E-state index contributed by atoms with van der Waals surface area (Å²) in [7, 11) is 0. The van der Waals surface area contributed by atoms with Gasteiger partial charge in [0.05, 0.1) is 6.10 Å². The Morgan fingerprint density at radius 1 is 1.19 bits per heavy atom. The van der Waals surface area contributed by atoms with Gasteiger partial charge in [-0.15, -0.1) is 0 Å². The van der Waals surface area contributed by atoms with E-state index in [1.54, 1.807) is 0 Å². The van der Waals surface area contributed by atoms with Crippen molar-refractivity contribution in [3.63, 3.8) is 0 Å². The minimum Gasteiger partial charge on any atom is -0.378 e. The lowest BCUT2D eigenvalue weighted by Crippen LogP contribution is -2.28. The van der Waals surface area contributed by atoms with E-state index in [0.29, 0.717) is 12.5 Å². The van der Waals surface area contributed by atoms with Gasteiger partial charge in [-0.1, -0.05) is 12.8 Å². The van der Waals surface area contributed by atoms with Crippen LogP contribution in [0.4, 0.5) is 0 Å². The average molecular weight is 225 g/mol. The Labute approximate surface area is 97.9 Å². The van der Waals surface area contributed by atoms with E-state index >= 15 is 0 Å². The lowest BCUT2D eigenvalue weighted by atomic mass is 10.1. The van der Waals surface area contributed by atoms with Gasteiger partial charge in [-0.2, -0.15) is 0 Å². The number of carbonyl (C=O) groups excluding carboxylic acids is 1. The molecule has 1 saturated heterocycles. The quantitative estimate of drug-likeness (QED) is 0.779. The molecule has 1 amide bonds. The van der Waals surface area contributed by atoms with Crippen LogP contribution >= 0.6 is 0 Å². The number of carbonyl (C=O) groups is 1. The van der Waals surface area contributed by atoms with Crippen LogP contribution in [0.3, 0.4) is 0 Å². The van der Waals surface area contributed by atoms with E-state index in [4.69, 9.17) is 4.74 Å². The van der Waals surface area contributed by atoms with E-state index in [9.17, 15) is 4.79 Å². The monoisotopic (exact) mass is 225 g/mol. The maximum absolute atomic E-state index is 11.6. The maximum Gasteiger partial charge on any atom is 0.220 e. The Balaban J connectivity index is 1.53. The van der Waals surface area contributed by atoms with Crippen molar-refractivity contribution in [2.45, 2.75) is 57.5 Å². The Kier molecular flexibility index (Phi) is 4.64. The zero-order valence-corrected chi connectivity index (χ0v) is 10.0. The summed E-state index contributed by atoms with van der Waals surface area (Å²) in [6.45, 7) is 1.78. The van der Waals surface area contributed by atoms with E-state index in [1.165, 1.54) is 25.7 Å². The first-order valence-electron chi connectivity index (χ1n) is 6.73. The van der Waals surface area contributed by atoms with Crippen LogP contribution in [0, 0.1) is 5.92 Å². The molecule has 1 saturated carbocycles. The molecular weight excluding hydrogens is 202 g/mol. The lowest BCUT2D eigenvalue weighted by molar-refractivity contribution is -0.121. The summed E-state index contributed by atoms with van der Waals surface area (Å²) in [6.07, 6.45) is 9.46. The smallest absolute Gasteiger partial charge is 0.220 e. The summed E-state index contributed by atoms with van der Waals surface area (Å²) in [6, 6.07) is 0. The van der Waals surface area contributed by atoms with Crippen LogP contribution in [-0.4, -0.2) is 25.2 Å². The van der Waals surface area contributed by atoms with Crippen molar-refractivity contribution in [3.8, 4) is 0 Å². The van der Waals surface area contributed by atoms with Crippen molar-refractivity contribution in [3.05, 3.63) is 0 Å². The van der Waals surface area contributed by atoms with E-state index in [-0.39, 0.29) is 5.91 Å². The van der Waals surface area contributed by atoms with Gasteiger partial charge in [0.25, 0.3) is 0 Å². The fraction of sp³-hybridized carbons (Fsp3) is 0.923. The highest BCUT2D eigenvalue weighted by molar-refractivity contribution is 5.75. The van der Waals surface area contributed by atoms with Crippen molar-refractivity contribution in [1.29, 1.82) is 0 Å². The summed E-state index contributed by atoms with van der Waals surface area (Å²) in [5.41, 5.74) is 0. The normalized spacial score (nSPS) is 26.1. The Bertz CT molecular complexity index is 196. The van der Waals surface area contributed by atoms with Gasteiger partial charge in [-0.3, -0.25) is 4.79 Å². The highest BCUT2D eigenvalue weighted by Crippen LogP contribution is 2.23.